The van der Waals surface area contributed by atoms with Gasteiger partial charge in [-0.15, -0.1) is 0 Å². The molecule has 3 aromatic rings. The zero-order chi connectivity index (χ0) is 29.3. The Morgan fingerprint density at radius 3 is 2.45 bits per heavy atom. The Kier molecular flexibility index (Phi) is 7.97. The van der Waals surface area contributed by atoms with Crippen molar-refractivity contribution in [2.45, 2.75) is 54.8 Å². The molecule has 0 aliphatic carbocycles. The molecule has 9 nitrogen and oxygen atoms in total. The SMILES string of the molecule is COc1ccc(CN2CCC3(CCOc4cc(-c5ccccc5)ccc4S(=O)(=O)N4C[C@H](O)C[C@H]4C(=O)N3)CC2)cc1. The molecule has 1 spiro atoms. The van der Waals surface area contributed by atoms with Gasteiger partial charge in [-0.05, 0) is 53.8 Å². The summed E-state index contributed by atoms with van der Waals surface area (Å²) in [7, 11) is -2.47. The zero-order valence-electron chi connectivity index (χ0n) is 23.7. The first kappa shape index (κ1) is 28.7. The average molecular weight is 592 g/mol. The van der Waals surface area contributed by atoms with Crippen molar-refractivity contribution < 1.29 is 27.8 Å². The third-order valence-corrected chi connectivity index (χ3v) is 10.7. The van der Waals surface area contributed by atoms with Crippen LogP contribution in [0.5, 0.6) is 11.5 Å². The Morgan fingerprint density at radius 1 is 1.00 bits per heavy atom. The normalized spacial score (nSPS) is 24.1. The zero-order valence-corrected chi connectivity index (χ0v) is 24.6. The number of likely N-dealkylation sites (tertiary alicyclic amines) is 1. The molecule has 0 unspecified atom stereocenters. The van der Waals surface area contributed by atoms with E-state index in [4.69, 9.17) is 9.47 Å². The number of carbonyl (C=O) groups is 1. The van der Waals surface area contributed by atoms with Gasteiger partial charge in [0.2, 0.25) is 15.9 Å². The highest BCUT2D eigenvalue weighted by Crippen LogP contribution is 2.37. The molecular formula is C32H37N3O6S. The van der Waals surface area contributed by atoms with Crippen LogP contribution in [0.25, 0.3) is 11.1 Å². The van der Waals surface area contributed by atoms with Crippen molar-refractivity contribution in [3.05, 3.63) is 78.4 Å². The number of aliphatic hydroxyl groups is 1. The number of rotatable bonds is 4. The van der Waals surface area contributed by atoms with E-state index in [0.717, 1.165) is 40.8 Å². The molecule has 42 heavy (non-hydrogen) atoms. The van der Waals surface area contributed by atoms with E-state index in [2.05, 4.69) is 22.3 Å². The summed E-state index contributed by atoms with van der Waals surface area (Å²) in [6, 6.07) is 21.9. The Hall–Kier alpha value is -3.44. The Bertz CT molecular complexity index is 1520. The van der Waals surface area contributed by atoms with E-state index in [0.29, 0.717) is 19.3 Å². The van der Waals surface area contributed by atoms with Crippen LogP contribution >= 0.6 is 0 Å². The number of ether oxygens (including phenoxy) is 2. The number of aliphatic hydroxyl groups excluding tert-OH is 1. The summed E-state index contributed by atoms with van der Waals surface area (Å²) in [4.78, 5) is 16.1. The lowest BCUT2D eigenvalue weighted by Gasteiger charge is -2.43. The minimum Gasteiger partial charge on any atom is -0.497 e. The van der Waals surface area contributed by atoms with Gasteiger partial charge in [0, 0.05) is 44.6 Å². The fourth-order valence-electron chi connectivity index (χ4n) is 6.33. The van der Waals surface area contributed by atoms with E-state index < -0.39 is 27.7 Å². The maximum atomic E-state index is 13.9. The van der Waals surface area contributed by atoms with Gasteiger partial charge in [-0.1, -0.05) is 48.5 Å². The van der Waals surface area contributed by atoms with Crippen LogP contribution in [0.4, 0.5) is 0 Å². The van der Waals surface area contributed by atoms with Crippen LogP contribution in [0.1, 0.15) is 31.2 Å². The summed E-state index contributed by atoms with van der Waals surface area (Å²) in [6.07, 6.45) is 1.09. The summed E-state index contributed by atoms with van der Waals surface area (Å²) in [5, 5.41) is 13.8. The second-order valence-electron chi connectivity index (χ2n) is 11.5. The van der Waals surface area contributed by atoms with Gasteiger partial charge in [0.15, 0.2) is 0 Å². The summed E-state index contributed by atoms with van der Waals surface area (Å²) in [5.74, 6) is 0.725. The number of carbonyl (C=O) groups excluding carboxylic acids is 1. The van der Waals surface area contributed by atoms with Crippen molar-refractivity contribution in [2.75, 3.05) is 33.4 Å². The number of amides is 1. The minimum atomic E-state index is -4.12. The fourth-order valence-corrected chi connectivity index (χ4v) is 8.08. The molecule has 3 aliphatic rings. The van der Waals surface area contributed by atoms with Crippen molar-refractivity contribution in [3.63, 3.8) is 0 Å². The number of benzene rings is 3. The van der Waals surface area contributed by atoms with E-state index >= 15 is 0 Å². The van der Waals surface area contributed by atoms with Gasteiger partial charge in [-0.3, -0.25) is 9.69 Å². The van der Waals surface area contributed by atoms with Gasteiger partial charge in [0.1, 0.15) is 22.4 Å². The van der Waals surface area contributed by atoms with E-state index in [9.17, 15) is 18.3 Å². The monoisotopic (exact) mass is 591 g/mol. The molecule has 222 valence electrons. The van der Waals surface area contributed by atoms with E-state index in [1.54, 1.807) is 25.3 Å². The van der Waals surface area contributed by atoms with Gasteiger partial charge in [0.05, 0.1) is 19.8 Å². The molecule has 2 saturated heterocycles. The summed E-state index contributed by atoms with van der Waals surface area (Å²) in [5.41, 5.74) is 2.43. The standard InChI is InChI=1S/C32H37N3O6S/c1-40-27-10-7-23(8-11-27)21-34-16-13-32(14-17-34)15-18-41-29-19-25(24-5-3-2-4-6-24)9-12-30(29)42(38,39)35-22-26(36)20-28(35)31(37)33-32/h2-12,19,26,28,36H,13-18,20-22H2,1H3,(H,33,37)/t26-,28+/m1/s1. The largest absolute Gasteiger partial charge is 0.497 e. The number of sulfonamides is 1. The first-order chi connectivity index (χ1) is 20.3. The van der Waals surface area contributed by atoms with E-state index in [1.165, 1.54) is 5.56 Å². The van der Waals surface area contributed by atoms with Crippen LogP contribution in [-0.2, 0) is 21.4 Å². The topological polar surface area (TPSA) is 108 Å². The number of piperidine rings is 1. The van der Waals surface area contributed by atoms with Gasteiger partial charge in [0.25, 0.3) is 0 Å². The highest BCUT2D eigenvalue weighted by Gasteiger charge is 2.47. The number of nitrogens with zero attached hydrogens (tertiary/aromatic N) is 2. The first-order valence-corrected chi connectivity index (χ1v) is 15.9. The fraction of sp³-hybridized carbons (Fsp3) is 0.406. The Balaban J connectivity index is 1.27. The van der Waals surface area contributed by atoms with Crippen LogP contribution in [0.2, 0.25) is 0 Å². The Labute approximate surface area is 247 Å². The quantitative estimate of drug-likeness (QED) is 0.479. The third kappa shape index (κ3) is 5.76. The van der Waals surface area contributed by atoms with Gasteiger partial charge in [-0.25, -0.2) is 8.42 Å². The van der Waals surface area contributed by atoms with Gasteiger partial charge < -0.3 is 19.9 Å². The molecule has 3 aliphatic heterocycles. The van der Waals surface area contributed by atoms with Crippen molar-refractivity contribution in [1.29, 1.82) is 0 Å². The summed E-state index contributed by atoms with van der Waals surface area (Å²) < 4.78 is 40.6. The van der Waals surface area contributed by atoms with Gasteiger partial charge >= 0.3 is 0 Å². The lowest BCUT2D eigenvalue weighted by atomic mass is 9.84. The molecule has 10 heteroatoms. The summed E-state index contributed by atoms with van der Waals surface area (Å²) in [6.45, 7) is 2.46. The van der Waals surface area contributed by atoms with Crippen LogP contribution in [0.15, 0.2) is 77.7 Å². The lowest BCUT2D eigenvalue weighted by molar-refractivity contribution is -0.127. The molecular weight excluding hydrogens is 554 g/mol. The molecule has 2 N–H and O–H groups in total. The highest BCUT2D eigenvalue weighted by atomic mass is 32.2. The predicted octanol–water partition coefficient (Wildman–Crippen LogP) is 3.42. The number of hydrogen-bond acceptors (Lipinski definition) is 7. The molecule has 2 fully saturated rings. The van der Waals surface area contributed by atoms with Crippen LogP contribution < -0.4 is 14.8 Å². The molecule has 0 radical (unpaired) electrons. The third-order valence-electron chi connectivity index (χ3n) is 8.78. The van der Waals surface area contributed by atoms with Crippen molar-refractivity contribution in [2.24, 2.45) is 0 Å². The van der Waals surface area contributed by atoms with E-state index in [-0.39, 0.29) is 36.1 Å². The number of hydrogen-bond donors (Lipinski definition) is 2. The average Bonchev–Trinajstić information content (AvgIpc) is 3.41. The second-order valence-corrected chi connectivity index (χ2v) is 13.4. The van der Waals surface area contributed by atoms with Crippen molar-refractivity contribution >= 4 is 15.9 Å². The molecule has 0 aromatic heterocycles. The number of methoxy groups -OCH3 is 1. The molecule has 0 bridgehead atoms. The maximum Gasteiger partial charge on any atom is 0.247 e. The molecule has 6 rings (SSSR count). The van der Waals surface area contributed by atoms with Crippen molar-refractivity contribution in [3.8, 4) is 22.6 Å². The highest BCUT2D eigenvalue weighted by molar-refractivity contribution is 7.89. The lowest BCUT2D eigenvalue weighted by Crippen LogP contribution is -2.59. The number of nitrogens with one attached hydrogen (secondary N) is 1. The Morgan fingerprint density at radius 2 is 1.74 bits per heavy atom. The maximum absolute atomic E-state index is 13.9. The summed E-state index contributed by atoms with van der Waals surface area (Å²) >= 11 is 0. The van der Waals surface area contributed by atoms with Crippen molar-refractivity contribution in [1.82, 2.24) is 14.5 Å². The van der Waals surface area contributed by atoms with Gasteiger partial charge in [-0.2, -0.15) is 4.31 Å². The molecule has 2 atom stereocenters. The molecule has 3 heterocycles. The second kappa shape index (κ2) is 11.7. The first-order valence-electron chi connectivity index (χ1n) is 14.5. The molecule has 3 aromatic carbocycles. The predicted molar refractivity (Wildman–Crippen MR) is 159 cm³/mol. The molecule has 1 amide bonds. The smallest absolute Gasteiger partial charge is 0.247 e. The van der Waals surface area contributed by atoms with Crippen LogP contribution in [0, 0.1) is 0 Å². The van der Waals surface area contributed by atoms with Crippen LogP contribution in [-0.4, -0.2) is 79.7 Å². The van der Waals surface area contributed by atoms with Crippen LogP contribution in [0.3, 0.4) is 0 Å². The van der Waals surface area contributed by atoms with E-state index in [1.807, 2.05) is 42.5 Å². The minimum absolute atomic E-state index is 0.0133. The number of fused-ring (bicyclic) bond motifs is 2. The molecule has 0 saturated carbocycles.